The molecule has 0 bridgehead atoms. The van der Waals surface area contributed by atoms with Crippen molar-refractivity contribution in [2.24, 2.45) is 5.73 Å². The van der Waals surface area contributed by atoms with Crippen LogP contribution in [0.5, 0.6) is 11.5 Å². The molecule has 2 rings (SSSR count). The lowest BCUT2D eigenvalue weighted by molar-refractivity contribution is 0.170. The number of nitrogens with two attached hydrogens (primary N) is 1. The smallest absolute Gasteiger partial charge is 0.161 e. The van der Waals surface area contributed by atoms with E-state index < -0.39 is 0 Å². The Labute approximate surface area is 144 Å². The average molecular weight is 329 g/mol. The standard InChI is InChI=1S/C20H27NO3/c1-15-7-4-5-8-17(15)18(21)13-16-9-10-19(23-3)20(14-16)24-12-6-11-22-2/h4-5,7-10,14,18H,6,11-13,21H2,1-3H3. The van der Waals surface area contributed by atoms with E-state index in [1.54, 1.807) is 14.2 Å². The minimum atomic E-state index is -0.0408. The van der Waals surface area contributed by atoms with Crippen LogP contribution in [0.3, 0.4) is 0 Å². The van der Waals surface area contributed by atoms with Gasteiger partial charge in [0.25, 0.3) is 0 Å². The van der Waals surface area contributed by atoms with Gasteiger partial charge in [-0.25, -0.2) is 0 Å². The van der Waals surface area contributed by atoms with Crippen molar-refractivity contribution < 1.29 is 14.2 Å². The molecule has 0 aliphatic carbocycles. The summed E-state index contributed by atoms with van der Waals surface area (Å²) in [7, 11) is 3.34. The quantitative estimate of drug-likeness (QED) is 0.713. The highest BCUT2D eigenvalue weighted by molar-refractivity contribution is 5.43. The predicted octanol–water partition coefficient (Wildman–Crippen LogP) is 3.66. The van der Waals surface area contributed by atoms with Crippen LogP contribution in [0.2, 0.25) is 0 Å². The number of rotatable bonds is 9. The molecule has 0 amide bonds. The van der Waals surface area contributed by atoms with E-state index in [4.69, 9.17) is 19.9 Å². The number of hydrogen-bond acceptors (Lipinski definition) is 4. The lowest BCUT2D eigenvalue weighted by Crippen LogP contribution is -2.14. The van der Waals surface area contributed by atoms with Crippen LogP contribution in [0.15, 0.2) is 42.5 Å². The molecule has 130 valence electrons. The van der Waals surface area contributed by atoms with E-state index >= 15 is 0 Å². The van der Waals surface area contributed by atoms with Crippen LogP contribution in [-0.4, -0.2) is 27.4 Å². The minimum Gasteiger partial charge on any atom is -0.493 e. The topological polar surface area (TPSA) is 53.7 Å². The van der Waals surface area contributed by atoms with Gasteiger partial charge in [0, 0.05) is 26.2 Å². The van der Waals surface area contributed by atoms with E-state index in [-0.39, 0.29) is 6.04 Å². The Morgan fingerprint density at radius 2 is 1.79 bits per heavy atom. The van der Waals surface area contributed by atoms with Gasteiger partial charge < -0.3 is 19.9 Å². The summed E-state index contributed by atoms with van der Waals surface area (Å²) in [5.41, 5.74) is 9.93. The van der Waals surface area contributed by atoms with Crippen molar-refractivity contribution >= 4 is 0 Å². The van der Waals surface area contributed by atoms with Gasteiger partial charge in [-0.3, -0.25) is 0 Å². The Kier molecular flexibility index (Phi) is 7.09. The van der Waals surface area contributed by atoms with Crippen LogP contribution in [-0.2, 0) is 11.2 Å². The molecule has 2 aromatic rings. The fourth-order valence-electron chi connectivity index (χ4n) is 2.71. The summed E-state index contributed by atoms with van der Waals surface area (Å²) in [5, 5.41) is 0. The van der Waals surface area contributed by atoms with Gasteiger partial charge in [-0.15, -0.1) is 0 Å². The normalized spacial score (nSPS) is 12.0. The predicted molar refractivity (Wildman–Crippen MR) is 96.8 cm³/mol. The van der Waals surface area contributed by atoms with Crippen molar-refractivity contribution in [3.05, 3.63) is 59.2 Å². The van der Waals surface area contributed by atoms with Crippen LogP contribution in [0.4, 0.5) is 0 Å². The Morgan fingerprint density at radius 3 is 2.50 bits per heavy atom. The first kappa shape index (κ1) is 18.3. The van der Waals surface area contributed by atoms with E-state index in [9.17, 15) is 0 Å². The molecule has 0 aliphatic heterocycles. The van der Waals surface area contributed by atoms with Gasteiger partial charge in [-0.05, 0) is 42.2 Å². The molecule has 24 heavy (non-hydrogen) atoms. The van der Waals surface area contributed by atoms with Crippen LogP contribution < -0.4 is 15.2 Å². The fourth-order valence-corrected chi connectivity index (χ4v) is 2.71. The van der Waals surface area contributed by atoms with Crippen LogP contribution in [0, 0.1) is 6.92 Å². The van der Waals surface area contributed by atoms with Gasteiger partial charge >= 0.3 is 0 Å². The van der Waals surface area contributed by atoms with Gasteiger partial charge in [0.2, 0.25) is 0 Å². The molecule has 0 fully saturated rings. The Morgan fingerprint density at radius 1 is 1.00 bits per heavy atom. The molecule has 0 aliphatic rings. The number of hydrogen-bond donors (Lipinski definition) is 1. The molecular weight excluding hydrogens is 302 g/mol. The van der Waals surface area contributed by atoms with Gasteiger partial charge in [-0.2, -0.15) is 0 Å². The van der Waals surface area contributed by atoms with Crippen LogP contribution in [0.25, 0.3) is 0 Å². The molecular formula is C20H27NO3. The second kappa shape index (κ2) is 9.30. The lowest BCUT2D eigenvalue weighted by Gasteiger charge is -2.17. The van der Waals surface area contributed by atoms with Gasteiger partial charge in [0.15, 0.2) is 11.5 Å². The molecule has 4 heteroatoms. The molecule has 2 aromatic carbocycles. The minimum absolute atomic E-state index is 0.0408. The summed E-state index contributed by atoms with van der Waals surface area (Å²) in [4.78, 5) is 0. The zero-order valence-corrected chi connectivity index (χ0v) is 14.7. The van der Waals surface area contributed by atoms with Crippen molar-refractivity contribution in [2.75, 3.05) is 27.4 Å². The third kappa shape index (κ3) is 4.98. The maximum Gasteiger partial charge on any atom is 0.161 e. The van der Waals surface area contributed by atoms with E-state index in [0.29, 0.717) is 13.2 Å². The first-order chi connectivity index (χ1) is 11.7. The van der Waals surface area contributed by atoms with Crippen molar-refractivity contribution in [2.45, 2.75) is 25.8 Å². The molecule has 2 N–H and O–H groups in total. The lowest BCUT2D eigenvalue weighted by atomic mass is 9.96. The summed E-state index contributed by atoms with van der Waals surface area (Å²) in [5.74, 6) is 1.49. The third-order valence-corrected chi connectivity index (χ3v) is 4.02. The van der Waals surface area contributed by atoms with Crippen molar-refractivity contribution in [3.8, 4) is 11.5 Å². The third-order valence-electron chi connectivity index (χ3n) is 4.02. The molecule has 1 atom stereocenters. The molecule has 1 unspecified atom stereocenters. The highest BCUT2D eigenvalue weighted by atomic mass is 16.5. The Balaban J connectivity index is 2.08. The van der Waals surface area contributed by atoms with Crippen LogP contribution >= 0.6 is 0 Å². The zero-order chi connectivity index (χ0) is 17.4. The SMILES string of the molecule is COCCCOc1cc(CC(N)c2ccccc2C)ccc1OC. The molecule has 0 aromatic heterocycles. The maximum atomic E-state index is 6.40. The summed E-state index contributed by atoms with van der Waals surface area (Å²) < 4.78 is 16.3. The second-order valence-electron chi connectivity index (χ2n) is 5.85. The highest BCUT2D eigenvalue weighted by Crippen LogP contribution is 2.30. The highest BCUT2D eigenvalue weighted by Gasteiger charge is 2.12. The Hall–Kier alpha value is -2.04. The van der Waals surface area contributed by atoms with Crippen molar-refractivity contribution in [3.63, 3.8) is 0 Å². The molecule has 0 saturated heterocycles. The first-order valence-corrected chi connectivity index (χ1v) is 8.25. The monoisotopic (exact) mass is 329 g/mol. The first-order valence-electron chi connectivity index (χ1n) is 8.25. The Bertz CT molecular complexity index is 643. The summed E-state index contributed by atoms with van der Waals surface area (Å²) in [6.07, 6.45) is 1.59. The molecule has 0 heterocycles. The number of ether oxygens (including phenoxy) is 3. The van der Waals surface area contributed by atoms with Gasteiger partial charge in [0.05, 0.1) is 13.7 Å². The van der Waals surface area contributed by atoms with Gasteiger partial charge in [-0.1, -0.05) is 30.3 Å². The van der Waals surface area contributed by atoms with Gasteiger partial charge in [0.1, 0.15) is 0 Å². The molecule has 0 spiro atoms. The van der Waals surface area contributed by atoms with Crippen LogP contribution in [0.1, 0.15) is 29.2 Å². The maximum absolute atomic E-state index is 6.40. The summed E-state index contributed by atoms with van der Waals surface area (Å²) >= 11 is 0. The van der Waals surface area contributed by atoms with E-state index in [1.165, 1.54) is 11.1 Å². The average Bonchev–Trinajstić information content (AvgIpc) is 2.59. The summed E-state index contributed by atoms with van der Waals surface area (Å²) in [6.45, 7) is 3.37. The molecule has 0 saturated carbocycles. The second-order valence-corrected chi connectivity index (χ2v) is 5.85. The van der Waals surface area contributed by atoms with Crippen molar-refractivity contribution in [1.29, 1.82) is 0 Å². The zero-order valence-electron chi connectivity index (χ0n) is 14.7. The fraction of sp³-hybridized carbons (Fsp3) is 0.400. The van der Waals surface area contributed by atoms with Crippen molar-refractivity contribution in [1.82, 2.24) is 0 Å². The summed E-state index contributed by atoms with van der Waals surface area (Å²) in [6, 6.07) is 14.2. The number of aryl methyl sites for hydroxylation is 1. The molecule has 0 radical (unpaired) electrons. The molecule has 4 nitrogen and oxygen atoms in total. The van der Waals surface area contributed by atoms with E-state index in [2.05, 4.69) is 19.1 Å². The number of methoxy groups -OCH3 is 2. The largest absolute Gasteiger partial charge is 0.493 e. The number of benzene rings is 2. The van der Waals surface area contributed by atoms with E-state index in [0.717, 1.165) is 29.9 Å². The van der Waals surface area contributed by atoms with E-state index in [1.807, 2.05) is 30.3 Å².